The first-order valence-corrected chi connectivity index (χ1v) is 7.58. The summed E-state index contributed by atoms with van der Waals surface area (Å²) in [5.41, 5.74) is -0.260. The lowest BCUT2D eigenvalue weighted by molar-refractivity contribution is -0.137. The molecule has 0 spiro atoms. The third-order valence-corrected chi connectivity index (χ3v) is 4.31. The fourth-order valence-corrected chi connectivity index (χ4v) is 2.54. The van der Waals surface area contributed by atoms with Gasteiger partial charge in [0, 0.05) is 26.7 Å². The van der Waals surface area contributed by atoms with Gasteiger partial charge in [0.2, 0.25) is 0 Å². The van der Waals surface area contributed by atoms with E-state index < -0.39 is 16.2 Å². The standard InChI is InChI=1S/C11H24N2O5S/c1-11(2,6-4-8-14)9-12-19(17,18)13(3)7-5-10(15)16/h12,14H,4-9H2,1-3H3,(H,15,16). The quantitative estimate of drug-likeness (QED) is 0.527. The van der Waals surface area contributed by atoms with E-state index in [-0.39, 0.29) is 31.5 Å². The van der Waals surface area contributed by atoms with Gasteiger partial charge >= 0.3 is 5.97 Å². The van der Waals surface area contributed by atoms with Gasteiger partial charge in [-0.25, -0.2) is 4.72 Å². The van der Waals surface area contributed by atoms with E-state index in [1.807, 2.05) is 13.8 Å². The Bertz CT molecular complexity index is 381. The van der Waals surface area contributed by atoms with Crippen LogP contribution in [0.4, 0.5) is 0 Å². The van der Waals surface area contributed by atoms with E-state index in [0.29, 0.717) is 12.8 Å². The monoisotopic (exact) mass is 296 g/mol. The molecule has 0 saturated carbocycles. The predicted octanol–water partition coefficient (Wildman–Crippen LogP) is 0.0260. The molecule has 0 unspecified atom stereocenters. The van der Waals surface area contributed by atoms with Crippen LogP contribution in [0.25, 0.3) is 0 Å². The summed E-state index contributed by atoms with van der Waals surface area (Å²) in [6.45, 7) is 4.06. The number of aliphatic hydroxyl groups is 1. The van der Waals surface area contributed by atoms with E-state index >= 15 is 0 Å². The highest BCUT2D eigenvalue weighted by Crippen LogP contribution is 2.21. The average Bonchev–Trinajstić information content (AvgIpc) is 2.31. The lowest BCUT2D eigenvalue weighted by atomic mass is 9.88. The first kappa shape index (κ1) is 18.3. The van der Waals surface area contributed by atoms with Gasteiger partial charge in [0.05, 0.1) is 6.42 Å². The second-order valence-electron chi connectivity index (χ2n) is 5.28. The summed E-state index contributed by atoms with van der Waals surface area (Å²) in [7, 11) is -2.32. The summed E-state index contributed by atoms with van der Waals surface area (Å²) >= 11 is 0. The summed E-state index contributed by atoms with van der Waals surface area (Å²) in [5, 5.41) is 17.3. The molecule has 0 aliphatic rings. The molecule has 8 heteroatoms. The Labute approximate surface area is 114 Å². The molecular weight excluding hydrogens is 272 g/mol. The van der Waals surface area contributed by atoms with E-state index in [4.69, 9.17) is 10.2 Å². The van der Waals surface area contributed by atoms with Gasteiger partial charge in [-0.1, -0.05) is 13.8 Å². The molecule has 0 aliphatic carbocycles. The topological polar surface area (TPSA) is 107 Å². The van der Waals surface area contributed by atoms with E-state index in [1.54, 1.807) is 0 Å². The van der Waals surface area contributed by atoms with Crippen LogP contribution in [0, 0.1) is 5.41 Å². The molecular formula is C11H24N2O5S. The first-order chi connectivity index (χ1) is 8.60. The first-order valence-electron chi connectivity index (χ1n) is 6.14. The van der Waals surface area contributed by atoms with Gasteiger partial charge < -0.3 is 10.2 Å². The van der Waals surface area contributed by atoms with Gasteiger partial charge in [-0.3, -0.25) is 4.79 Å². The zero-order valence-electron chi connectivity index (χ0n) is 11.7. The van der Waals surface area contributed by atoms with Crippen LogP contribution in [-0.2, 0) is 15.0 Å². The fourth-order valence-electron chi connectivity index (χ4n) is 1.42. The number of carboxylic acid groups (broad SMARTS) is 1. The van der Waals surface area contributed by atoms with Crippen molar-refractivity contribution >= 4 is 16.2 Å². The van der Waals surface area contributed by atoms with Crippen molar-refractivity contribution in [1.29, 1.82) is 0 Å². The molecule has 114 valence electrons. The van der Waals surface area contributed by atoms with Crippen molar-refractivity contribution in [2.75, 3.05) is 26.7 Å². The lowest BCUT2D eigenvalue weighted by Crippen LogP contribution is -2.43. The molecule has 0 bridgehead atoms. The molecule has 0 radical (unpaired) electrons. The van der Waals surface area contributed by atoms with Crippen LogP contribution < -0.4 is 4.72 Å². The largest absolute Gasteiger partial charge is 0.481 e. The second-order valence-corrected chi connectivity index (χ2v) is 7.14. The minimum absolute atomic E-state index is 0.0677. The molecule has 19 heavy (non-hydrogen) atoms. The van der Waals surface area contributed by atoms with Crippen LogP contribution in [0.2, 0.25) is 0 Å². The van der Waals surface area contributed by atoms with Crippen molar-refractivity contribution in [2.45, 2.75) is 33.1 Å². The Morgan fingerprint density at radius 3 is 2.42 bits per heavy atom. The number of nitrogens with one attached hydrogen (secondary N) is 1. The van der Waals surface area contributed by atoms with Gasteiger partial charge in [0.1, 0.15) is 0 Å². The average molecular weight is 296 g/mol. The van der Waals surface area contributed by atoms with Crippen molar-refractivity contribution in [3.63, 3.8) is 0 Å². The smallest absolute Gasteiger partial charge is 0.304 e. The number of nitrogens with zero attached hydrogens (tertiary/aromatic N) is 1. The van der Waals surface area contributed by atoms with Crippen molar-refractivity contribution in [1.82, 2.24) is 9.03 Å². The maximum absolute atomic E-state index is 11.8. The summed E-state index contributed by atoms with van der Waals surface area (Å²) < 4.78 is 27.1. The maximum atomic E-state index is 11.8. The normalized spacial score (nSPS) is 12.9. The Morgan fingerprint density at radius 1 is 1.37 bits per heavy atom. The molecule has 0 heterocycles. The van der Waals surface area contributed by atoms with Gasteiger partial charge in [-0.2, -0.15) is 12.7 Å². The van der Waals surface area contributed by atoms with Crippen LogP contribution in [-0.4, -0.2) is 55.6 Å². The molecule has 0 aromatic heterocycles. The highest BCUT2D eigenvalue weighted by Gasteiger charge is 2.23. The second kappa shape index (κ2) is 7.78. The molecule has 0 amide bonds. The predicted molar refractivity (Wildman–Crippen MR) is 71.9 cm³/mol. The van der Waals surface area contributed by atoms with Crippen LogP contribution >= 0.6 is 0 Å². The molecule has 3 N–H and O–H groups in total. The molecule has 7 nitrogen and oxygen atoms in total. The van der Waals surface area contributed by atoms with Crippen molar-refractivity contribution < 1.29 is 23.4 Å². The number of carbonyl (C=O) groups is 1. The summed E-state index contributed by atoms with van der Waals surface area (Å²) in [4.78, 5) is 10.4. The SMILES string of the molecule is CN(CCC(=O)O)S(=O)(=O)NCC(C)(C)CCCO. The number of aliphatic hydroxyl groups excluding tert-OH is 1. The minimum Gasteiger partial charge on any atom is -0.481 e. The van der Waals surface area contributed by atoms with E-state index in [2.05, 4.69) is 4.72 Å². The number of rotatable bonds is 10. The van der Waals surface area contributed by atoms with Gasteiger partial charge in [0.25, 0.3) is 10.2 Å². The molecule has 0 rings (SSSR count). The number of hydrogen-bond acceptors (Lipinski definition) is 4. The molecule has 0 aromatic rings. The number of hydrogen-bond donors (Lipinski definition) is 3. The highest BCUT2D eigenvalue weighted by molar-refractivity contribution is 7.87. The van der Waals surface area contributed by atoms with Crippen molar-refractivity contribution in [3.05, 3.63) is 0 Å². The minimum atomic E-state index is -3.66. The van der Waals surface area contributed by atoms with Crippen molar-refractivity contribution in [2.24, 2.45) is 5.41 Å². The van der Waals surface area contributed by atoms with Gasteiger partial charge in [-0.15, -0.1) is 0 Å². The van der Waals surface area contributed by atoms with Crippen molar-refractivity contribution in [3.8, 4) is 0 Å². The Balaban J connectivity index is 4.32. The molecule has 0 aliphatic heterocycles. The highest BCUT2D eigenvalue weighted by atomic mass is 32.2. The lowest BCUT2D eigenvalue weighted by Gasteiger charge is -2.26. The number of aliphatic carboxylic acids is 1. The van der Waals surface area contributed by atoms with Crippen LogP contribution in [0.3, 0.4) is 0 Å². The van der Waals surface area contributed by atoms with Crippen LogP contribution in [0.15, 0.2) is 0 Å². The summed E-state index contributed by atoms with van der Waals surface area (Å²) in [6, 6.07) is 0. The Kier molecular flexibility index (Phi) is 7.50. The summed E-state index contributed by atoms with van der Waals surface area (Å²) in [6.07, 6.45) is 1.08. The van der Waals surface area contributed by atoms with Crippen LogP contribution in [0.5, 0.6) is 0 Å². The van der Waals surface area contributed by atoms with Gasteiger partial charge in [-0.05, 0) is 18.3 Å². The Hall–Kier alpha value is -0.700. The van der Waals surface area contributed by atoms with E-state index in [0.717, 1.165) is 4.31 Å². The maximum Gasteiger partial charge on any atom is 0.304 e. The fraction of sp³-hybridized carbons (Fsp3) is 0.909. The molecule has 0 saturated heterocycles. The zero-order valence-corrected chi connectivity index (χ0v) is 12.5. The Morgan fingerprint density at radius 2 is 1.95 bits per heavy atom. The zero-order chi connectivity index (χ0) is 15.1. The molecule has 0 fully saturated rings. The third-order valence-electron chi connectivity index (χ3n) is 2.80. The van der Waals surface area contributed by atoms with E-state index in [1.165, 1.54) is 7.05 Å². The number of carboxylic acids is 1. The molecule has 0 aromatic carbocycles. The third kappa shape index (κ3) is 8.14. The van der Waals surface area contributed by atoms with Gasteiger partial charge in [0.15, 0.2) is 0 Å². The van der Waals surface area contributed by atoms with Crippen LogP contribution in [0.1, 0.15) is 33.1 Å². The molecule has 0 atom stereocenters. The summed E-state index contributed by atoms with van der Waals surface area (Å²) in [5.74, 6) is -1.04. The van der Waals surface area contributed by atoms with E-state index in [9.17, 15) is 13.2 Å².